The van der Waals surface area contributed by atoms with Crippen molar-refractivity contribution in [2.75, 3.05) is 0 Å². The molecule has 0 N–H and O–H groups in total. The molecule has 0 amide bonds. The highest BCUT2D eigenvalue weighted by atomic mass is 35.5. The summed E-state index contributed by atoms with van der Waals surface area (Å²) < 4.78 is 0. The van der Waals surface area contributed by atoms with Gasteiger partial charge in [-0.2, -0.15) is 0 Å². The molecule has 0 fully saturated rings. The van der Waals surface area contributed by atoms with Crippen molar-refractivity contribution in [2.45, 2.75) is 0 Å². The first-order valence-corrected chi connectivity index (χ1v) is 4.53. The minimum atomic E-state index is -1.20. The van der Waals surface area contributed by atoms with Gasteiger partial charge in [0.05, 0.1) is 20.8 Å². The highest BCUT2D eigenvalue weighted by Gasteiger charge is 2.35. The Labute approximate surface area is 107 Å². The molecule has 0 heterocycles. The minimum Gasteiger partial charge on any atom is -0.258 e. The molecule has 0 bridgehead atoms. The van der Waals surface area contributed by atoms with Crippen LogP contribution in [0.2, 0.25) is 5.02 Å². The molecular formula is C6HClN6O6. The van der Waals surface area contributed by atoms with E-state index in [1.54, 1.807) is 0 Å². The predicted octanol–water partition coefficient (Wildman–Crippen LogP) is 3.01. The van der Waals surface area contributed by atoms with Crippen molar-refractivity contribution in [1.29, 1.82) is 0 Å². The maximum atomic E-state index is 10.8. The lowest BCUT2D eigenvalue weighted by Crippen LogP contribution is -1.99. The quantitative estimate of drug-likeness (QED) is 0.270. The van der Waals surface area contributed by atoms with E-state index in [0.29, 0.717) is 6.07 Å². The summed E-state index contributed by atoms with van der Waals surface area (Å²) in [5.74, 6) is 0. The number of azide groups is 1. The summed E-state index contributed by atoms with van der Waals surface area (Å²) >= 11 is 5.43. The molecular weight excluding hydrogens is 288 g/mol. The first kappa shape index (κ1) is 14.1. The Morgan fingerprint density at radius 1 is 1.11 bits per heavy atom. The first-order chi connectivity index (χ1) is 8.81. The normalized spacial score (nSPS) is 9.53. The summed E-state index contributed by atoms with van der Waals surface area (Å²) in [5, 5.41) is 33.9. The number of rotatable bonds is 4. The molecule has 13 heteroatoms. The van der Waals surface area contributed by atoms with Crippen LogP contribution < -0.4 is 0 Å². The van der Waals surface area contributed by atoms with E-state index in [0.717, 1.165) is 0 Å². The van der Waals surface area contributed by atoms with Gasteiger partial charge in [-0.05, 0) is 10.6 Å². The van der Waals surface area contributed by atoms with Crippen molar-refractivity contribution in [3.05, 3.63) is 51.9 Å². The molecule has 0 saturated carbocycles. The number of nitro benzene ring substituents is 3. The maximum absolute atomic E-state index is 10.8. The Morgan fingerprint density at radius 3 is 2.00 bits per heavy atom. The molecule has 0 aliphatic heterocycles. The highest BCUT2D eigenvalue weighted by molar-refractivity contribution is 6.35. The van der Waals surface area contributed by atoms with Gasteiger partial charge >= 0.3 is 11.4 Å². The number of hydrogen-bond acceptors (Lipinski definition) is 7. The van der Waals surface area contributed by atoms with E-state index in [1.807, 2.05) is 0 Å². The molecule has 1 rings (SSSR count). The number of halogens is 1. The van der Waals surface area contributed by atoms with Crippen molar-refractivity contribution in [3.63, 3.8) is 0 Å². The first-order valence-electron chi connectivity index (χ1n) is 4.16. The number of benzene rings is 1. The van der Waals surface area contributed by atoms with Gasteiger partial charge in [-0.15, -0.1) is 0 Å². The maximum Gasteiger partial charge on any atom is 0.311 e. The largest absolute Gasteiger partial charge is 0.311 e. The molecule has 12 nitrogen and oxygen atoms in total. The molecule has 0 aliphatic carbocycles. The fourth-order valence-corrected chi connectivity index (χ4v) is 1.47. The molecule has 0 unspecified atom stereocenters. The van der Waals surface area contributed by atoms with E-state index < -0.39 is 42.5 Å². The van der Waals surface area contributed by atoms with Crippen LogP contribution in [0.5, 0.6) is 0 Å². The van der Waals surface area contributed by atoms with Gasteiger partial charge < -0.3 is 0 Å². The molecule has 0 aromatic heterocycles. The van der Waals surface area contributed by atoms with Gasteiger partial charge in [0.2, 0.25) is 0 Å². The van der Waals surface area contributed by atoms with Crippen LogP contribution in [0.1, 0.15) is 0 Å². The summed E-state index contributed by atoms with van der Waals surface area (Å²) in [6, 6.07) is 0.388. The van der Waals surface area contributed by atoms with Gasteiger partial charge in [-0.3, -0.25) is 30.3 Å². The Bertz CT molecular complexity index is 652. The van der Waals surface area contributed by atoms with Gasteiger partial charge in [-0.25, -0.2) is 0 Å². The minimum absolute atomic E-state index is 0.388. The average Bonchev–Trinajstić information content (AvgIpc) is 2.27. The zero-order chi connectivity index (χ0) is 14.7. The zero-order valence-electron chi connectivity index (χ0n) is 8.59. The van der Waals surface area contributed by atoms with Crippen molar-refractivity contribution in [2.24, 2.45) is 5.11 Å². The molecule has 0 spiro atoms. The molecule has 0 saturated heterocycles. The molecule has 0 radical (unpaired) electrons. The topological polar surface area (TPSA) is 178 Å². The average molecular weight is 289 g/mol. The van der Waals surface area contributed by atoms with E-state index in [4.69, 9.17) is 17.1 Å². The van der Waals surface area contributed by atoms with Crippen molar-refractivity contribution < 1.29 is 14.8 Å². The Balaban J connectivity index is 3.93. The highest BCUT2D eigenvalue weighted by Crippen LogP contribution is 2.47. The fraction of sp³-hybridized carbons (Fsp3) is 0. The van der Waals surface area contributed by atoms with Gasteiger partial charge in [-0.1, -0.05) is 11.6 Å². The number of hydrogen-bond donors (Lipinski definition) is 0. The second-order valence-corrected chi connectivity index (χ2v) is 3.26. The summed E-state index contributed by atoms with van der Waals surface area (Å²) in [7, 11) is 0. The van der Waals surface area contributed by atoms with Crippen LogP contribution in [0.3, 0.4) is 0 Å². The van der Waals surface area contributed by atoms with E-state index in [1.165, 1.54) is 0 Å². The van der Waals surface area contributed by atoms with E-state index in [-0.39, 0.29) is 0 Å². The van der Waals surface area contributed by atoms with Gasteiger partial charge in [0.1, 0.15) is 0 Å². The van der Waals surface area contributed by atoms with Crippen LogP contribution in [0.15, 0.2) is 11.2 Å². The number of nitro groups is 3. The molecule has 19 heavy (non-hydrogen) atoms. The smallest absolute Gasteiger partial charge is 0.258 e. The monoisotopic (exact) mass is 288 g/mol. The van der Waals surface area contributed by atoms with E-state index in [9.17, 15) is 30.3 Å². The van der Waals surface area contributed by atoms with Crippen molar-refractivity contribution in [3.8, 4) is 0 Å². The summed E-state index contributed by atoms with van der Waals surface area (Å²) in [6.45, 7) is 0. The van der Waals surface area contributed by atoms with Gasteiger partial charge in [0, 0.05) is 4.91 Å². The summed E-state index contributed by atoms with van der Waals surface area (Å²) in [5.41, 5.74) is 3.94. The molecule has 1 aromatic carbocycles. The Kier molecular flexibility index (Phi) is 3.79. The van der Waals surface area contributed by atoms with Gasteiger partial charge in [0.15, 0.2) is 10.7 Å². The molecule has 0 atom stereocenters. The lowest BCUT2D eigenvalue weighted by atomic mass is 10.2. The Hall–Kier alpha value is -2.98. The SMILES string of the molecule is [N-]=[N+]=Nc1c([N+](=O)[O-])cc([N+](=O)[O-])c(Cl)c1[N+](=O)[O-]. The third kappa shape index (κ3) is 2.48. The third-order valence-corrected chi connectivity index (χ3v) is 2.27. The van der Waals surface area contributed by atoms with Crippen molar-refractivity contribution >= 4 is 34.4 Å². The predicted molar refractivity (Wildman–Crippen MR) is 60.2 cm³/mol. The fourth-order valence-electron chi connectivity index (χ4n) is 1.19. The zero-order valence-corrected chi connectivity index (χ0v) is 9.34. The lowest BCUT2D eigenvalue weighted by molar-refractivity contribution is -0.401. The standard InChI is InChI=1S/C6HClN6O6/c7-4-2(11(14)15)1-3(12(16)17)5(9-10-8)6(4)13(18)19/h1H. The van der Waals surface area contributed by atoms with Gasteiger partial charge in [0.25, 0.3) is 5.69 Å². The van der Waals surface area contributed by atoms with E-state index >= 15 is 0 Å². The van der Waals surface area contributed by atoms with E-state index in [2.05, 4.69) is 10.0 Å². The number of nitrogens with zero attached hydrogens (tertiary/aromatic N) is 6. The molecule has 0 aliphatic rings. The molecule has 1 aromatic rings. The summed E-state index contributed by atoms with van der Waals surface area (Å²) in [4.78, 5) is 30.8. The molecule has 98 valence electrons. The summed E-state index contributed by atoms with van der Waals surface area (Å²) in [6.07, 6.45) is 0. The van der Waals surface area contributed by atoms with Crippen LogP contribution in [-0.2, 0) is 0 Å². The Morgan fingerprint density at radius 2 is 1.63 bits per heavy atom. The van der Waals surface area contributed by atoms with Crippen LogP contribution in [0.25, 0.3) is 10.4 Å². The third-order valence-electron chi connectivity index (χ3n) is 1.89. The van der Waals surface area contributed by atoms with Crippen LogP contribution in [0.4, 0.5) is 22.7 Å². The van der Waals surface area contributed by atoms with Crippen molar-refractivity contribution in [1.82, 2.24) is 0 Å². The van der Waals surface area contributed by atoms with Crippen LogP contribution in [-0.4, -0.2) is 14.8 Å². The second-order valence-electron chi connectivity index (χ2n) is 2.89. The van der Waals surface area contributed by atoms with Crippen LogP contribution in [0, 0.1) is 30.3 Å². The lowest BCUT2D eigenvalue weighted by Gasteiger charge is -2.01. The second kappa shape index (κ2) is 5.12. The van der Waals surface area contributed by atoms with Crippen LogP contribution >= 0.6 is 11.6 Å².